The zero-order valence-electron chi connectivity index (χ0n) is 22.6. The minimum absolute atomic E-state index is 0.104. The number of sulfonamides is 1. The first-order chi connectivity index (χ1) is 20.1. The first-order valence-electron chi connectivity index (χ1n) is 12.9. The Morgan fingerprint density at radius 3 is 2.17 bits per heavy atom. The molecule has 0 aliphatic rings. The highest BCUT2D eigenvalue weighted by atomic mass is 35.5. The van der Waals surface area contributed by atoms with E-state index >= 15 is 0 Å². The summed E-state index contributed by atoms with van der Waals surface area (Å²) in [6.45, 7) is -0.969. The largest absolute Gasteiger partial charge is 0.357 e. The third-order valence-corrected chi connectivity index (χ3v) is 8.87. The number of carbonyl (C=O) groups is 2. The van der Waals surface area contributed by atoms with E-state index in [0.717, 1.165) is 9.87 Å². The summed E-state index contributed by atoms with van der Waals surface area (Å²) in [5.74, 6) is -1.77. The van der Waals surface area contributed by atoms with Gasteiger partial charge >= 0.3 is 0 Å². The molecule has 2 amide bonds. The molecule has 11 heteroatoms. The van der Waals surface area contributed by atoms with Crippen LogP contribution in [0.3, 0.4) is 0 Å². The molecule has 0 aromatic heterocycles. The van der Waals surface area contributed by atoms with E-state index in [1.165, 1.54) is 66.5 Å². The second kappa shape index (κ2) is 13.8. The minimum atomic E-state index is -4.31. The van der Waals surface area contributed by atoms with E-state index in [1.807, 2.05) is 18.2 Å². The molecule has 1 atom stereocenters. The van der Waals surface area contributed by atoms with Crippen LogP contribution in [0, 0.1) is 5.82 Å². The van der Waals surface area contributed by atoms with Crippen LogP contribution in [0.1, 0.15) is 11.1 Å². The Hall–Kier alpha value is -3.92. The second-order valence-corrected chi connectivity index (χ2v) is 12.1. The molecule has 218 valence electrons. The Balaban J connectivity index is 1.80. The van der Waals surface area contributed by atoms with E-state index in [2.05, 4.69) is 5.32 Å². The van der Waals surface area contributed by atoms with Crippen molar-refractivity contribution in [2.75, 3.05) is 17.9 Å². The summed E-state index contributed by atoms with van der Waals surface area (Å²) >= 11 is 12.2. The van der Waals surface area contributed by atoms with Crippen molar-refractivity contribution in [2.24, 2.45) is 0 Å². The minimum Gasteiger partial charge on any atom is -0.357 e. The number of halogens is 3. The molecule has 0 radical (unpaired) electrons. The summed E-state index contributed by atoms with van der Waals surface area (Å²) in [7, 11) is -2.87. The first kappa shape index (κ1) is 31.0. The number of amides is 2. The standard InChI is InChI=1S/C31H28Cl2FN3O4S/c1-35-31(39)29(18-22-8-3-2-4-9-22)36(20-23-10-5-6-13-28(23)34)30(38)21-37(26-12-7-11-25(33)19-26)42(40,41)27-16-14-24(32)15-17-27/h2-17,19,29H,18,20-21H2,1H3,(H,35,39)/t29-/m0/s1. The van der Waals surface area contributed by atoms with Gasteiger partial charge in [0.25, 0.3) is 10.0 Å². The Kier molecular flexibility index (Phi) is 10.2. The van der Waals surface area contributed by atoms with Gasteiger partial charge < -0.3 is 10.2 Å². The molecule has 0 spiro atoms. The van der Waals surface area contributed by atoms with Crippen LogP contribution in [0.5, 0.6) is 0 Å². The maximum atomic E-state index is 14.8. The van der Waals surface area contributed by atoms with Gasteiger partial charge in [-0.3, -0.25) is 13.9 Å². The van der Waals surface area contributed by atoms with Crippen molar-refractivity contribution in [3.63, 3.8) is 0 Å². The van der Waals surface area contributed by atoms with Crippen LogP contribution in [0.4, 0.5) is 10.1 Å². The van der Waals surface area contributed by atoms with Crippen LogP contribution in [0.25, 0.3) is 0 Å². The van der Waals surface area contributed by atoms with E-state index in [4.69, 9.17) is 23.2 Å². The van der Waals surface area contributed by atoms with E-state index < -0.39 is 40.2 Å². The third-order valence-electron chi connectivity index (χ3n) is 6.59. The Morgan fingerprint density at radius 1 is 0.857 bits per heavy atom. The lowest BCUT2D eigenvalue weighted by atomic mass is 10.0. The summed E-state index contributed by atoms with van der Waals surface area (Å²) in [5, 5.41) is 3.18. The van der Waals surface area contributed by atoms with E-state index in [-0.39, 0.29) is 34.1 Å². The van der Waals surface area contributed by atoms with Crippen LogP contribution in [-0.2, 0) is 32.6 Å². The summed E-state index contributed by atoms with van der Waals surface area (Å²) < 4.78 is 43.6. The summed E-state index contributed by atoms with van der Waals surface area (Å²) in [6, 6.07) is 25.5. The molecule has 0 heterocycles. The van der Waals surface area contributed by atoms with Crippen molar-refractivity contribution in [1.82, 2.24) is 10.2 Å². The van der Waals surface area contributed by atoms with E-state index in [1.54, 1.807) is 30.3 Å². The van der Waals surface area contributed by atoms with Crippen molar-refractivity contribution < 1.29 is 22.4 Å². The predicted molar refractivity (Wildman–Crippen MR) is 162 cm³/mol. The predicted octanol–water partition coefficient (Wildman–Crippen LogP) is 5.71. The lowest BCUT2D eigenvalue weighted by molar-refractivity contribution is -0.139. The lowest BCUT2D eigenvalue weighted by Crippen LogP contribution is -2.53. The van der Waals surface area contributed by atoms with E-state index in [9.17, 15) is 22.4 Å². The number of hydrogen-bond acceptors (Lipinski definition) is 4. The maximum Gasteiger partial charge on any atom is 0.264 e. The summed E-state index contributed by atoms with van der Waals surface area (Å²) in [6.07, 6.45) is 0.113. The normalized spacial score (nSPS) is 11.9. The van der Waals surface area contributed by atoms with Crippen molar-refractivity contribution >= 4 is 50.7 Å². The van der Waals surface area contributed by atoms with Gasteiger partial charge in [0.15, 0.2) is 0 Å². The van der Waals surface area contributed by atoms with Crippen LogP contribution < -0.4 is 9.62 Å². The molecule has 0 bridgehead atoms. The lowest BCUT2D eigenvalue weighted by Gasteiger charge is -2.33. The molecular weight excluding hydrogens is 600 g/mol. The number of hydrogen-bond donors (Lipinski definition) is 1. The number of likely N-dealkylation sites (N-methyl/N-ethyl adjacent to an activating group) is 1. The Bertz CT molecular complexity index is 1650. The quantitative estimate of drug-likeness (QED) is 0.231. The molecule has 1 N–H and O–H groups in total. The Morgan fingerprint density at radius 2 is 1.52 bits per heavy atom. The first-order valence-corrected chi connectivity index (χ1v) is 15.1. The van der Waals surface area contributed by atoms with Crippen LogP contribution in [-0.4, -0.2) is 44.8 Å². The number of rotatable bonds is 11. The highest BCUT2D eigenvalue weighted by Gasteiger charge is 2.34. The molecule has 0 aliphatic carbocycles. The van der Waals surface area contributed by atoms with Crippen molar-refractivity contribution in [1.29, 1.82) is 0 Å². The number of nitrogens with zero attached hydrogens (tertiary/aromatic N) is 2. The van der Waals surface area contributed by atoms with Crippen LogP contribution in [0.15, 0.2) is 108 Å². The van der Waals surface area contributed by atoms with Gasteiger partial charge in [-0.15, -0.1) is 0 Å². The molecule has 7 nitrogen and oxygen atoms in total. The van der Waals surface area contributed by atoms with Gasteiger partial charge in [0.1, 0.15) is 18.4 Å². The molecule has 0 saturated heterocycles. The van der Waals surface area contributed by atoms with Gasteiger partial charge in [0.05, 0.1) is 10.6 Å². The molecule has 0 aliphatic heterocycles. The van der Waals surface area contributed by atoms with E-state index in [0.29, 0.717) is 5.02 Å². The zero-order chi connectivity index (χ0) is 30.3. The number of nitrogens with one attached hydrogen (secondary N) is 1. The zero-order valence-corrected chi connectivity index (χ0v) is 24.9. The van der Waals surface area contributed by atoms with Gasteiger partial charge in [-0.2, -0.15) is 0 Å². The average Bonchev–Trinajstić information content (AvgIpc) is 2.98. The fourth-order valence-corrected chi connectivity index (χ4v) is 6.14. The topological polar surface area (TPSA) is 86.8 Å². The highest BCUT2D eigenvalue weighted by molar-refractivity contribution is 7.92. The summed E-state index contributed by atoms with van der Waals surface area (Å²) in [4.78, 5) is 28.5. The molecule has 0 unspecified atom stereocenters. The molecule has 4 aromatic carbocycles. The highest BCUT2D eigenvalue weighted by Crippen LogP contribution is 2.28. The molecule has 4 aromatic rings. The smallest absolute Gasteiger partial charge is 0.264 e. The molecule has 0 saturated carbocycles. The summed E-state index contributed by atoms with van der Waals surface area (Å²) in [5.41, 5.74) is 1.07. The van der Waals surface area contributed by atoms with Gasteiger partial charge in [-0.1, -0.05) is 77.8 Å². The van der Waals surface area contributed by atoms with Gasteiger partial charge in [-0.25, -0.2) is 12.8 Å². The molecule has 42 heavy (non-hydrogen) atoms. The fourth-order valence-electron chi connectivity index (χ4n) is 4.42. The number of carbonyl (C=O) groups excluding carboxylic acids is 2. The second-order valence-electron chi connectivity index (χ2n) is 9.38. The Labute approximate surface area is 254 Å². The monoisotopic (exact) mass is 627 g/mol. The van der Waals surface area contributed by atoms with Gasteiger partial charge in [0.2, 0.25) is 11.8 Å². The van der Waals surface area contributed by atoms with Crippen molar-refractivity contribution in [3.05, 3.63) is 130 Å². The van der Waals surface area contributed by atoms with Crippen molar-refractivity contribution in [3.8, 4) is 0 Å². The van der Waals surface area contributed by atoms with Crippen LogP contribution >= 0.6 is 23.2 Å². The van der Waals surface area contributed by atoms with Gasteiger partial charge in [-0.05, 0) is 54.1 Å². The molecule has 4 rings (SSSR count). The van der Waals surface area contributed by atoms with Crippen molar-refractivity contribution in [2.45, 2.75) is 23.9 Å². The SMILES string of the molecule is CNC(=O)[C@H](Cc1ccccc1)N(Cc1ccccc1F)C(=O)CN(c1cccc(Cl)c1)S(=O)(=O)c1ccc(Cl)cc1. The maximum absolute atomic E-state index is 14.8. The van der Waals surface area contributed by atoms with Gasteiger partial charge in [0, 0.05) is 35.6 Å². The average molecular weight is 629 g/mol. The number of benzene rings is 4. The van der Waals surface area contributed by atoms with Crippen LogP contribution in [0.2, 0.25) is 10.0 Å². The third kappa shape index (κ3) is 7.47. The number of anilines is 1. The fraction of sp³-hybridized carbons (Fsp3) is 0.161. The molecular formula is C31H28Cl2FN3O4S. The molecule has 0 fully saturated rings.